The Kier molecular flexibility index (Phi) is 7.63. The van der Waals surface area contributed by atoms with Crippen molar-refractivity contribution in [2.45, 2.75) is 0 Å². The third-order valence-electron chi connectivity index (χ3n) is 0.445. The van der Waals surface area contributed by atoms with E-state index in [1.807, 2.05) is 0 Å². The highest BCUT2D eigenvalue weighted by atomic mass is 17.5. The first-order chi connectivity index (χ1) is 4.41. The maximum atomic E-state index is 8.11. The second kappa shape index (κ2) is 7.80. The minimum absolute atomic E-state index is 0.0609. The van der Waals surface area contributed by atoms with Crippen LogP contribution < -0.4 is 0 Å². The minimum Gasteiger partial charge on any atom is -0.394 e. The van der Waals surface area contributed by atoms with Crippen molar-refractivity contribution in [2.75, 3.05) is 26.4 Å². The van der Waals surface area contributed by atoms with Crippen molar-refractivity contribution in [1.82, 2.24) is 0 Å². The third-order valence-corrected chi connectivity index (χ3v) is 0.445. The number of rotatable bonds is 6. The minimum atomic E-state index is -0.123. The highest BCUT2D eigenvalue weighted by Crippen LogP contribution is 1.78. The largest absolute Gasteiger partial charge is 0.394 e. The van der Waals surface area contributed by atoms with E-state index >= 15 is 0 Å². The van der Waals surface area contributed by atoms with Crippen molar-refractivity contribution in [2.24, 2.45) is 0 Å². The Morgan fingerprint density at radius 1 is 0.889 bits per heavy atom. The van der Waals surface area contributed by atoms with E-state index in [1.54, 1.807) is 0 Å². The molecule has 0 aromatic rings. The number of aliphatic hydroxyl groups is 2. The molecule has 0 spiro atoms. The average Bonchev–Trinajstić information content (AvgIpc) is 1.89. The van der Waals surface area contributed by atoms with Crippen LogP contribution in [0.3, 0.4) is 0 Å². The van der Waals surface area contributed by atoms with E-state index in [2.05, 4.69) is 14.8 Å². The molecule has 0 aliphatic rings. The lowest BCUT2D eigenvalue weighted by atomic mass is 10.8. The first-order valence-electron chi connectivity index (χ1n) is 2.54. The van der Waals surface area contributed by atoms with Crippen LogP contribution in [0.2, 0.25) is 0 Å². The van der Waals surface area contributed by atoms with Gasteiger partial charge in [-0.3, -0.25) is 0 Å². The van der Waals surface area contributed by atoms with Crippen LogP contribution in [-0.4, -0.2) is 36.6 Å². The van der Waals surface area contributed by atoms with E-state index in [0.29, 0.717) is 0 Å². The van der Waals surface area contributed by atoms with Gasteiger partial charge in [0.1, 0.15) is 13.2 Å². The van der Waals surface area contributed by atoms with E-state index in [9.17, 15) is 0 Å². The van der Waals surface area contributed by atoms with Crippen molar-refractivity contribution < 1.29 is 25.0 Å². The lowest BCUT2D eigenvalue weighted by Gasteiger charge is -1.98. The molecule has 0 aromatic heterocycles. The van der Waals surface area contributed by atoms with Crippen molar-refractivity contribution in [1.29, 1.82) is 0 Å². The maximum absolute atomic E-state index is 8.11. The molecule has 0 fully saturated rings. The van der Waals surface area contributed by atoms with Crippen LogP contribution >= 0.6 is 0 Å². The summed E-state index contributed by atoms with van der Waals surface area (Å²) in [7, 11) is 0. The summed E-state index contributed by atoms with van der Waals surface area (Å²) in [6.07, 6.45) is 0. The number of aliphatic hydroxyl groups excluding tert-OH is 2. The van der Waals surface area contributed by atoms with Gasteiger partial charge in [0, 0.05) is 0 Å². The second-order valence-electron chi connectivity index (χ2n) is 1.16. The number of hydrogen-bond donors (Lipinski definition) is 2. The van der Waals surface area contributed by atoms with Crippen LogP contribution in [0.1, 0.15) is 0 Å². The molecule has 0 saturated heterocycles. The molecule has 2 N–H and O–H groups in total. The predicted octanol–water partition coefficient (Wildman–Crippen LogP) is -1.15. The van der Waals surface area contributed by atoms with E-state index in [-0.39, 0.29) is 26.4 Å². The summed E-state index contributed by atoms with van der Waals surface area (Å²) in [5.41, 5.74) is 0. The summed E-state index contributed by atoms with van der Waals surface area (Å²) in [5, 5.41) is 20.2. The zero-order chi connectivity index (χ0) is 6.95. The lowest BCUT2D eigenvalue weighted by molar-refractivity contribution is -0.513. The van der Waals surface area contributed by atoms with Gasteiger partial charge in [0.2, 0.25) is 0 Å². The van der Waals surface area contributed by atoms with Crippen LogP contribution in [0.25, 0.3) is 0 Å². The molecule has 5 heteroatoms. The standard InChI is InChI=1S/C4H10O5/c5-1-3-7-9-8-4-2-6/h5-6H,1-4H2. The molecule has 0 rings (SSSR count). The highest BCUT2D eigenvalue weighted by Gasteiger charge is 1.85. The highest BCUT2D eigenvalue weighted by molar-refractivity contribution is 4.12. The molecule has 0 heterocycles. The van der Waals surface area contributed by atoms with Gasteiger partial charge in [-0.05, 0) is 0 Å². The number of hydrogen-bond acceptors (Lipinski definition) is 5. The third kappa shape index (κ3) is 7.80. The van der Waals surface area contributed by atoms with Crippen LogP contribution in [-0.2, 0) is 14.8 Å². The van der Waals surface area contributed by atoms with Gasteiger partial charge in [-0.2, -0.15) is 0 Å². The predicted molar refractivity (Wildman–Crippen MR) is 27.2 cm³/mol. The summed E-state index contributed by atoms with van der Waals surface area (Å²) < 4.78 is 0. The summed E-state index contributed by atoms with van der Waals surface area (Å²) in [6, 6.07) is 0. The first kappa shape index (κ1) is 8.80. The van der Waals surface area contributed by atoms with E-state index in [1.165, 1.54) is 0 Å². The smallest absolute Gasteiger partial charge is 0.108 e. The van der Waals surface area contributed by atoms with Gasteiger partial charge in [-0.25, -0.2) is 9.78 Å². The normalized spacial score (nSPS) is 10.0. The lowest BCUT2D eigenvalue weighted by Crippen LogP contribution is -2.04. The Morgan fingerprint density at radius 2 is 1.33 bits per heavy atom. The van der Waals surface area contributed by atoms with Crippen LogP contribution in [0, 0.1) is 0 Å². The fourth-order valence-electron chi connectivity index (χ4n) is 0.177. The summed E-state index contributed by atoms with van der Waals surface area (Å²) in [6.45, 7) is -0.123. The van der Waals surface area contributed by atoms with E-state index in [4.69, 9.17) is 10.2 Å². The van der Waals surface area contributed by atoms with Gasteiger partial charge in [-0.15, -0.1) is 0 Å². The second-order valence-corrected chi connectivity index (χ2v) is 1.16. The molecule has 0 bridgehead atoms. The fraction of sp³-hybridized carbons (Fsp3) is 1.00. The molecule has 0 aliphatic carbocycles. The van der Waals surface area contributed by atoms with Gasteiger partial charge < -0.3 is 10.2 Å². The Morgan fingerprint density at radius 3 is 1.67 bits per heavy atom. The van der Waals surface area contributed by atoms with Gasteiger partial charge >= 0.3 is 0 Å². The van der Waals surface area contributed by atoms with Crippen LogP contribution in [0.5, 0.6) is 0 Å². The first-order valence-corrected chi connectivity index (χ1v) is 2.54. The van der Waals surface area contributed by atoms with Gasteiger partial charge in [0.15, 0.2) is 0 Å². The summed E-state index contributed by atoms with van der Waals surface area (Å²) in [5.74, 6) is 0. The molecule has 0 unspecified atom stereocenters. The van der Waals surface area contributed by atoms with E-state index in [0.717, 1.165) is 0 Å². The maximum Gasteiger partial charge on any atom is 0.108 e. The van der Waals surface area contributed by atoms with E-state index < -0.39 is 0 Å². The zero-order valence-electron chi connectivity index (χ0n) is 4.95. The molecule has 5 nitrogen and oxygen atoms in total. The summed E-state index contributed by atoms with van der Waals surface area (Å²) in [4.78, 5) is 8.40. The molecular weight excluding hydrogens is 128 g/mol. The molecule has 0 saturated carbocycles. The molecule has 0 aliphatic heterocycles. The topological polar surface area (TPSA) is 68.2 Å². The fourth-order valence-corrected chi connectivity index (χ4v) is 0.177. The van der Waals surface area contributed by atoms with Crippen molar-refractivity contribution in [3.8, 4) is 0 Å². The summed E-state index contributed by atoms with van der Waals surface area (Å²) >= 11 is 0. The molecule has 9 heavy (non-hydrogen) atoms. The van der Waals surface area contributed by atoms with Crippen molar-refractivity contribution in [3.63, 3.8) is 0 Å². The average molecular weight is 138 g/mol. The Labute approximate surface area is 52.6 Å². The molecule has 0 aromatic carbocycles. The quantitative estimate of drug-likeness (QED) is 0.275. The van der Waals surface area contributed by atoms with Crippen LogP contribution in [0.4, 0.5) is 0 Å². The zero-order valence-corrected chi connectivity index (χ0v) is 4.95. The van der Waals surface area contributed by atoms with Crippen LogP contribution in [0.15, 0.2) is 0 Å². The Hall–Kier alpha value is -0.200. The molecule has 0 amide bonds. The molecule has 56 valence electrons. The molecular formula is C4H10O5. The Bertz CT molecular complexity index is 42.2. The van der Waals surface area contributed by atoms with Crippen molar-refractivity contribution in [3.05, 3.63) is 0 Å². The van der Waals surface area contributed by atoms with Gasteiger partial charge in [-0.1, -0.05) is 5.04 Å². The molecule has 0 atom stereocenters. The molecule has 0 radical (unpaired) electrons. The SMILES string of the molecule is OCCOOOCCO. The van der Waals surface area contributed by atoms with Crippen molar-refractivity contribution >= 4 is 0 Å². The van der Waals surface area contributed by atoms with Gasteiger partial charge in [0.05, 0.1) is 13.2 Å². The van der Waals surface area contributed by atoms with Gasteiger partial charge in [0.25, 0.3) is 0 Å². The monoisotopic (exact) mass is 138 g/mol. The Balaban J connectivity index is 2.60.